The topological polar surface area (TPSA) is 145 Å². The number of anilines is 2. The number of H-pyrrole nitrogens is 1. The summed E-state index contributed by atoms with van der Waals surface area (Å²) in [5.74, 6) is -1.10. The van der Waals surface area contributed by atoms with Crippen LogP contribution in [0.4, 0.5) is 11.4 Å². The van der Waals surface area contributed by atoms with E-state index in [1.54, 1.807) is 44.4 Å². The summed E-state index contributed by atoms with van der Waals surface area (Å²) in [6, 6.07) is 31.9. The van der Waals surface area contributed by atoms with Gasteiger partial charge in [0.05, 0.1) is 30.6 Å². The molecule has 0 spiro atoms. The fourth-order valence-corrected chi connectivity index (χ4v) is 4.94. The third kappa shape index (κ3) is 9.01. The van der Waals surface area contributed by atoms with Crippen LogP contribution >= 0.6 is 0 Å². The Morgan fingerprint density at radius 1 is 0.596 bits per heavy atom. The minimum atomic E-state index is -0.710. The van der Waals surface area contributed by atoms with E-state index in [4.69, 9.17) is 0 Å². The Morgan fingerprint density at radius 2 is 1.02 bits per heavy atom. The Morgan fingerprint density at radius 3 is 1.47 bits per heavy atom. The number of aromatic amines is 1. The first-order chi connectivity index (χ1) is 22.7. The van der Waals surface area contributed by atoms with Crippen LogP contribution in [0, 0.1) is 0 Å². The first-order valence-electron chi connectivity index (χ1n) is 15.3. The van der Waals surface area contributed by atoms with Crippen LogP contribution in [0.25, 0.3) is 22.5 Å². The predicted molar refractivity (Wildman–Crippen MR) is 182 cm³/mol. The average Bonchev–Trinajstić information content (AvgIpc) is 3.56. The van der Waals surface area contributed by atoms with Crippen LogP contribution in [0.15, 0.2) is 116 Å². The summed E-state index contributed by atoms with van der Waals surface area (Å²) < 4.78 is 0. The van der Waals surface area contributed by atoms with Gasteiger partial charge in [0, 0.05) is 22.5 Å². The maximum Gasteiger partial charge on any atom is 0.246 e. The summed E-state index contributed by atoms with van der Waals surface area (Å²) in [4.78, 5) is 57.8. The molecular formula is C37H36N6O4. The van der Waals surface area contributed by atoms with E-state index < -0.39 is 12.1 Å². The van der Waals surface area contributed by atoms with Crippen molar-refractivity contribution in [1.82, 2.24) is 20.6 Å². The van der Waals surface area contributed by atoms with E-state index in [9.17, 15) is 19.2 Å². The zero-order chi connectivity index (χ0) is 33.2. The molecule has 10 heteroatoms. The molecule has 2 atom stereocenters. The van der Waals surface area contributed by atoms with Crippen molar-refractivity contribution < 1.29 is 19.2 Å². The highest BCUT2D eigenvalue weighted by Gasteiger charge is 2.18. The zero-order valence-electron chi connectivity index (χ0n) is 26.1. The molecule has 0 unspecified atom stereocenters. The lowest BCUT2D eigenvalue weighted by Crippen LogP contribution is -2.42. The number of imidazole rings is 1. The molecule has 4 aromatic carbocycles. The number of carbonyl (C=O) groups excluding carboxylic acids is 4. The normalized spacial score (nSPS) is 12.0. The van der Waals surface area contributed by atoms with Gasteiger partial charge in [-0.3, -0.25) is 19.2 Å². The second kappa shape index (κ2) is 15.3. The number of aromatic nitrogens is 2. The van der Waals surface area contributed by atoms with E-state index in [0.717, 1.165) is 33.6 Å². The monoisotopic (exact) mass is 628 g/mol. The zero-order valence-corrected chi connectivity index (χ0v) is 26.1. The Hall–Kier alpha value is -6.03. The van der Waals surface area contributed by atoms with Crippen molar-refractivity contribution >= 4 is 35.0 Å². The third-order valence-electron chi connectivity index (χ3n) is 7.46. The number of nitrogens with zero attached hydrogens (tertiary/aromatic N) is 1. The van der Waals surface area contributed by atoms with Crippen LogP contribution < -0.4 is 21.3 Å². The van der Waals surface area contributed by atoms with E-state index in [1.165, 1.54) is 0 Å². The summed E-state index contributed by atoms with van der Waals surface area (Å²) in [6.07, 6.45) is 2.01. The van der Waals surface area contributed by atoms with Crippen LogP contribution in [-0.4, -0.2) is 45.7 Å². The van der Waals surface area contributed by atoms with Crippen molar-refractivity contribution in [2.24, 2.45) is 0 Å². The first-order valence-corrected chi connectivity index (χ1v) is 15.3. The van der Waals surface area contributed by atoms with Gasteiger partial charge in [0.25, 0.3) is 0 Å². The lowest BCUT2D eigenvalue weighted by molar-refractivity contribution is -0.125. The van der Waals surface area contributed by atoms with Gasteiger partial charge in [0.2, 0.25) is 23.6 Å². The molecule has 5 aromatic rings. The number of hydrogen-bond donors (Lipinski definition) is 5. The Labute approximate surface area is 273 Å². The molecule has 0 radical (unpaired) electrons. The number of hydrogen-bond acceptors (Lipinski definition) is 5. The van der Waals surface area contributed by atoms with Gasteiger partial charge >= 0.3 is 0 Å². The molecule has 0 saturated heterocycles. The molecule has 0 aliphatic rings. The van der Waals surface area contributed by atoms with Crippen LogP contribution in [-0.2, 0) is 32.0 Å². The summed E-state index contributed by atoms with van der Waals surface area (Å²) >= 11 is 0. The van der Waals surface area contributed by atoms with E-state index in [0.29, 0.717) is 11.4 Å². The van der Waals surface area contributed by atoms with E-state index in [1.807, 2.05) is 84.9 Å². The van der Waals surface area contributed by atoms with Gasteiger partial charge in [-0.1, -0.05) is 84.9 Å². The standard InChI is InChI=1S/C37H36N6O4/c1-24(40-32(44)21-26-9-5-3-6-10-26)36(46)42-30-17-13-28(14-18-30)34-35(39-23-38-34)29-15-19-31(20-16-29)43-37(47)25(2)41-33(45)22-27-11-7-4-8-12-27/h3-20,23-25H,21-22H2,1-2H3,(H,38,39)(H,40,44)(H,41,45)(H,42,46)(H,43,47)/t24-,25-/m0/s1. The molecule has 5 rings (SSSR count). The summed E-state index contributed by atoms with van der Waals surface area (Å²) in [6.45, 7) is 3.29. The maximum atomic E-state index is 12.7. The minimum absolute atomic E-state index is 0.199. The van der Waals surface area contributed by atoms with Gasteiger partial charge in [-0.05, 0) is 49.2 Å². The van der Waals surface area contributed by atoms with Crippen molar-refractivity contribution in [3.8, 4) is 22.5 Å². The lowest BCUT2D eigenvalue weighted by atomic mass is 10.0. The molecule has 10 nitrogen and oxygen atoms in total. The van der Waals surface area contributed by atoms with Crippen LogP contribution in [0.5, 0.6) is 0 Å². The average molecular weight is 629 g/mol. The Kier molecular flexibility index (Phi) is 10.5. The van der Waals surface area contributed by atoms with Crippen LogP contribution in [0.3, 0.4) is 0 Å². The molecule has 238 valence electrons. The molecular weight excluding hydrogens is 592 g/mol. The second-order valence-corrected chi connectivity index (χ2v) is 11.2. The predicted octanol–water partition coefficient (Wildman–Crippen LogP) is 5.12. The van der Waals surface area contributed by atoms with Crippen molar-refractivity contribution in [3.05, 3.63) is 127 Å². The second-order valence-electron chi connectivity index (χ2n) is 11.2. The number of carbonyl (C=O) groups is 4. The van der Waals surface area contributed by atoms with Crippen molar-refractivity contribution in [1.29, 1.82) is 0 Å². The van der Waals surface area contributed by atoms with Gasteiger partial charge in [-0.15, -0.1) is 0 Å². The SMILES string of the molecule is C[C@H](NC(=O)Cc1ccccc1)C(=O)Nc1ccc(-c2nc[nH]c2-c2ccc(NC(=O)[C@H](C)NC(=O)Cc3ccccc3)cc2)cc1. The smallest absolute Gasteiger partial charge is 0.246 e. The van der Waals surface area contributed by atoms with Gasteiger partial charge in [0.1, 0.15) is 12.1 Å². The molecule has 0 aliphatic heterocycles. The Bertz CT molecular complexity index is 1690. The number of rotatable bonds is 12. The fraction of sp³-hybridized carbons (Fsp3) is 0.162. The number of amides is 4. The van der Waals surface area contributed by atoms with Crippen molar-refractivity contribution in [3.63, 3.8) is 0 Å². The highest BCUT2D eigenvalue weighted by Crippen LogP contribution is 2.30. The number of benzene rings is 4. The highest BCUT2D eigenvalue weighted by molar-refractivity contribution is 5.98. The van der Waals surface area contributed by atoms with Crippen molar-refractivity contribution in [2.45, 2.75) is 38.8 Å². The summed E-state index contributed by atoms with van der Waals surface area (Å²) in [5, 5.41) is 11.2. The van der Waals surface area contributed by atoms with Crippen molar-refractivity contribution in [2.75, 3.05) is 10.6 Å². The van der Waals surface area contributed by atoms with Crippen LogP contribution in [0.1, 0.15) is 25.0 Å². The maximum absolute atomic E-state index is 12.7. The van der Waals surface area contributed by atoms with Gasteiger partial charge in [0.15, 0.2) is 0 Å². The molecule has 5 N–H and O–H groups in total. The summed E-state index contributed by atoms with van der Waals surface area (Å²) in [7, 11) is 0. The molecule has 0 aliphatic carbocycles. The first kappa shape index (κ1) is 32.4. The molecule has 0 fully saturated rings. The van der Waals surface area contributed by atoms with Gasteiger partial charge < -0.3 is 26.3 Å². The largest absolute Gasteiger partial charge is 0.344 e. The molecule has 1 aromatic heterocycles. The third-order valence-corrected chi connectivity index (χ3v) is 7.46. The molecule has 0 bridgehead atoms. The van der Waals surface area contributed by atoms with Gasteiger partial charge in [-0.2, -0.15) is 0 Å². The van der Waals surface area contributed by atoms with E-state index in [-0.39, 0.29) is 36.5 Å². The Balaban J connectivity index is 1.14. The van der Waals surface area contributed by atoms with Gasteiger partial charge in [-0.25, -0.2) is 4.98 Å². The minimum Gasteiger partial charge on any atom is -0.344 e. The molecule has 0 saturated carbocycles. The summed E-state index contributed by atoms with van der Waals surface area (Å²) in [5.41, 5.74) is 6.13. The van der Waals surface area contributed by atoms with E-state index in [2.05, 4.69) is 31.2 Å². The van der Waals surface area contributed by atoms with Crippen LogP contribution in [0.2, 0.25) is 0 Å². The fourth-order valence-electron chi connectivity index (χ4n) is 4.94. The number of nitrogens with one attached hydrogen (secondary N) is 5. The highest BCUT2D eigenvalue weighted by atomic mass is 16.2. The molecule has 1 heterocycles. The lowest BCUT2D eigenvalue weighted by Gasteiger charge is -2.15. The molecule has 4 amide bonds. The molecule has 47 heavy (non-hydrogen) atoms. The quantitative estimate of drug-likeness (QED) is 0.130. The van der Waals surface area contributed by atoms with E-state index >= 15 is 0 Å².